The third-order valence-corrected chi connectivity index (χ3v) is 4.13. The number of esters is 1. The predicted octanol–water partition coefficient (Wildman–Crippen LogP) is 4.48. The number of nitrogens with one attached hydrogen (secondary N) is 1. The third-order valence-electron chi connectivity index (χ3n) is 3.23. The minimum atomic E-state index is -0.339. The fraction of sp³-hybridized carbons (Fsp3) is 0.176. The Morgan fingerprint density at radius 2 is 1.96 bits per heavy atom. The summed E-state index contributed by atoms with van der Waals surface area (Å²) in [5.41, 5.74) is 2.36. The molecule has 0 fully saturated rings. The van der Waals surface area contributed by atoms with E-state index in [0.717, 1.165) is 26.8 Å². The highest BCUT2D eigenvalue weighted by Gasteiger charge is 2.08. The number of fused-ring (bicyclic) bond motifs is 1. The molecule has 0 saturated carbocycles. The van der Waals surface area contributed by atoms with E-state index in [4.69, 9.17) is 4.74 Å². The maximum atomic E-state index is 11.4. The number of rotatable bonds is 5. The standard InChI is InChI=1S/C17H16N2O3S.BrH/c1-3-22-12-6-9-14-15(10-12)19-17(18-14)23-13-7-4-11(5-8-13)16(20)21-2;/h4-10H,3H2,1-2H3,(H,18,19);1H. The molecule has 1 heterocycles. The van der Waals surface area contributed by atoms with Crippen molar-refractivity contribution >= 4 is 45.7 Å². The van der Waals surface area contributed by atoms with E-state index in [1.807, 2.05) is 37.3 Å². The molecular formula is C17H17BrN2O3S. The SMILES string of the molecule is Br.CCOc1ccc2nc(Sc3ccc(C(=O)OC)cc3)[nH]c2c1. The highest BCUT2D eigenvalue weighted by molar-refractivity contribution is 8.93. The van der Waals surface area contributed by atoms with Crippen LogP contribution >= 0.6 is 28.7 Å². The average Bonchev–Trinajstić information content (AvgIpc) is 2.96. The van der Waals surface area contributed by atoms with Gasteiger partial charge in [-0.05, 0) is 43.3 Å². The second kappa shape index (κ2) is 8.21. The summed E-state index contributed by atoms with van der Waals surface area (Å²) < 4.78 is 10.2. The molecular weight excluding hydrogens is 392 g/mol. The van der Waals surface area contributed by atoms with Gasteiger partial charge in [0.1, 0.15) is 5.75 Å². The topological polar surface area (TPSA) is 64.2 Å². The smallest absolute Gasteiger partial charge is 0.337 e. The lowest BCUT2D eigenvalue weighted by Gasteiger charge is -2.01. The number of methoxy groups -OCH3 is 1. The molecule has 0 amide bonds. The highest BCUT2D eigenvalue weighted by atomic mass is 79.9. The van der Waals surface area contributed by atoms with E-state index in [-0.39, 0.29) is 23.0 Å². The first-order chi connectivity index (χ1) is 11.2. The first-order valence-corrected chi connectivity index (χ1v) is 8.00. The number of carbonyl (C=O) groups is 1. The predicted molar refractivity (Wildman–Crippen MR) is 99.5 cm³/mol. The van der Waals surface area contributed by atoms with Crippen molar-refractivity contribution in [3.63, 3.8) is 0 Å². The maximum absolute atomic E-state index is 11.4. The zero-order valence-electron chi connectivity index (χ0n) is 13.2. The molecule has 0 aliphatic carbocycles. The zero-order chi connectivity index (χ0) is 16.2. The molecule has 3 rings (SSSR count). The molecule has 0 unspecified atom stereocenters. The number of ether oxygens (including phenoxy) is 2. The molecule has 1 aromatic heterocycles. The van der Waals surface area contributed by atoms with Gasteiger partial charge in [0.2, 0.25) is 0 Å². The second-order valence-electron chi connectivity index (χ2n) is 4.77. The normalized spacial score (nSPS) is 10.2. The Balaban J connectivity index is 0.00000208. The van der Waals surface area contributed by atoms with Crippen molar-refractivity contribution in [1.82, 2.24) is 9.97 Å². The van der Waals surface area contributed by atoms with Gasteiger partial charge < -0.3 is 14.5 Å². The number of nitrogens with zero attached hydrogens (tertiary/aromatic N) is 1. The number of H-pyrrole nitrogens is 1. The van der Waals surface area contributed by atoms with Gasteiger partial charge in [-0.15, -0.1) is 17.0 Å². The first-order valence-electron chi connectivity index (χ1n) is 7.18. The van der Waals surface area contributed by atoms with Crippen molar-refractivity contribution in [3.8, 4) is 5.75 Å². The Morgan fingerprint density at radius 1 is 1.21 bits per heavy atom. The van der Waals surface area contributed by atoms with E-state index in [9.17, 15) is 4.79 Å². The highest BCUT2D eigenvalue weighted by Crippen LogP contribution is 2.28. The number of hydrogen-bond donors (Lipinski definition) is 1. The third kappa shape index (κ3) is 4.10. The average molecular weight is 409 g/mol. The Kier molecular flexibility index (Phi) is 6.28. The number of hydrogen-bond acceptors (Lipinski definition) is 5. The van der Waals surface area contributed by atoms with E-state index in [1.165, 1.54) is 18.9 Å². The molecule has 0 aliphatic heterocycles. The summed E-state index contributed by atoms with van der Waals surface area (Å²) in [4.78, 5) is 20.2. The lowest BCUT2D eigenvalue weighted by molar-refractivity contribution is 0.0600. The van der Waals surface area contributed by atoms with Gasteiger partial charge in [0.15, 0.2) is 5.16 Å². The van der Waals surface area contributed by atoms with Gasteiger partial charge in [0.25, 0.3) is 0 Å². The van der Waals surface area contributed by atoms with Gasteiger partial charge in [0, 0.05) is 11.0 Å². The Hall–Kier alpha value is -1.99. The lowest BCUT2D eigenvalue weighted by atomic mass is 10.2. The number of aromatic amines is 1. The van der Waals surface area contributed by atoms with Crippen LogP contribution in [0.3, 0.4) is 0 Å². The van der Waals surface area contributed by atoms with Gasteiger partial charge in [0.05, 0.1) is 30.3 Å². The molecule has 24 heavy (non-hydrogen) atoms. The van der Waals surface area contributed by atoms with Gasteiger partial charge in [-0.3, -0.25) is 0 Å². The zero-order valence-corrected chi connectivity index (χ0v) is 15.8. The minimum absolute atomic E-state index is 0. The van der Waals surface area contributed by atoms with Crippen LogP contribution in [0.5, 0.6) is 5.75 Å². The molecule has 2 aromatic carbocycles. The fourth-order valence-corrected chi connectivity index (χ4v) is 2.96. The summed E-state index contributed by atoms with van der Waals surface area (Å²) in [6, 6.07) is 13.0. The fourth-order valence-electron chi connectivity index (χ4n) is 2.16. The summed E-state index contributed by atoms with van der Waals surface area (Å²) in [6.07, 6.45) is 0. The van der Waals surface area contributed by atoms with Gasteiger partial charge in [-0.2, -0.15) is 0 Å². The molecule has 5 nitrogen and oxygen atoms in total. The molecule has 0 bridgehead atoms. The van der Waals surface area contributed by atoms with Gasteiger partial charge in [-0.25, -0.2) is 9.78 Å². The van der Waals surface area contributed by atoms with Gasteiger partial charge in [-0.1, -0.05) is 11.8 Å². The Labute approximate surface area is 154 Å². The van der Waals surface area contributed by atoms with Crippen LogP contribution in [0.4, 0.5) is 0 Å². The van der Waals surface area contributed by atoms with Crippen LogP contribution in [-0.2, 0) is 4.74 Å². The van der Waals surface area contributed by atoms with Crippen LogP contribution in [0.15, 0.2) is 52.5 Å². The summed E-state index contributed by atoms with van der Waals surface area (Å²) in [5.74, 6) is 0.483. The summed E-state index contributed by atoms with van der Waals surface area (Å²) >= 11 is 1.50. The van der Waals surface area contributed by atoms with Gasteiger partial charge >= 0.3 is 5.97 Å². The Morgan fingerprint density at radius 3 is 2.62 bits per heavy atom. The number of halogens is 1. The van der Waals surface area contributed by atoms with Crippen molar-refractivity contribution in [2.45, 2.75) is 17.0 Å². The van der Waals surface area contributed by atoms with E-state index in [1.54, 1.807) is 12.1 Å². The van der Waals surface area contributed by atoms with Crippen LogP contribution < -0.4 is 4.74 Å². The molecule has 0 aliphatic rings. The van der Waals surface area contributed by atoms with E-state index < -0.39 is 0 Å². The van der Waals surface area contributed by atoms with Crippen molar-refractivity contribution in [3.05, 3.63) is 48.0 Å². The number of aromatic nitrogens is 2. The van der Waals surface area contributed by atoms with Crippen molar-refractivity contribution in [1.29, 1.82) is 0 Å². The molecule has 0 radical (unpaired) electrons. The molecule has 3 aromatic rings. The van der Waals surface area contributed by atoms with Crippen LogP contribution in [0, 0.1) is 0 Å². The van der Waals surface area contributed by atoms with E-state index in [0.29, 0.717) is 12.2 Å². The number of benzene rings is 2. The molecule has 0 saturated heterocycles. The first kappa shape index (κ1) is 18.4. The van der Waals surface area contributed by atoms with E-state index >= 15 is 0 Å². The lowest BCUT2D eigenvalue weighted by Crippen LogP contribution is -2.00. The summed E-state index contributed by atoms with van der Waals surface area (Å²) in [7, 11) is 1.37. The minimum Gasteiger partial charge on any atom is -0.494 e. The monoisotopic (exact) mass is 408 g/mol. The molecule has 0 spiro atoms. The quantitative estimate of drug-likeness (QED) is 0.630. The van der Waals surface area contributed by atoms with Crippen molar-refractivity contribution in [2.75, 3.05) is 13.7 Å². The van der Waals surface area contributed by atoms with Crippen molar-refractivity contribution < 1.29 is 14.3 Å². The number of imidazole rings is 1. The van der Waals surface area contributed by atoms with Crippen LogP contribution in [0.2, 0.25) is 0 Å². The van der Waals surface area contributed by atoms with Crippen LogP contribution in [0.1, 0.15) is 17.3 Å². The Bertz CT molecular complexity index is 833. The molecule has 126 valence electrons. The molecule has 7 heteroatoms. The van der Waals surface area contributed by atoms with Crippen molar-refractivity contribution in [2.24, 2.45) is 0 Å². The molecule has 1 N–H and O–H groups in total. The molecule has 0 atom stereocenters. The second-order valence-corrected chi connectivity index (χ2v) is 5.83. The van der Waals surface area contributed by atoms with Crippen LogP contribution in [-0.4, -0.2) is 29.7 Å². The number of carbonyl (C=O) groups excluding carboxylic acids is 1. The largest absolute Gasteiger partial charge is 0.494 e. The van der Waals surface area contributed by atoms with Crippen LogP contribution in [0.25, 0.3) is 11.0 Å². The summed E-state index contributed by atoms with van der Waals surface area (Å²) in [6.45, 7) is 2.59. The maximum Gasteiger partial charge on any atom is 0.337 e. The van der Waals surface area contributed by atoms with E-state index in [2.05, 4.69) is 14.7 Å². The summed E-state index contributed by atoms with van der Waals surface area (Å²) in [5, 5.41) is 0.791.